The third-order valence-corrected chi connectivity index (χ3v) is 5.40. The Labute approximate surface area is 131 Å². The van der Waals surface area contributed by atoms with Crippen LogP contribution in [-0.2, 0) is 0 Å². The van der Waals surface area contributed by atoms with Crippen molar-refractivity contribution in [1.82, 2.24) is 5.32 Å². The molecule has 0 bridgehead atoms. The highest BCUT2D eigenvalue weighted by molar-refractivity contribution is 5.33. The molecule has 0 heterocycles. The van der Waals surface area contributed by atoms with Crippen LogP contribution < -0.4 is 5.32 Å². The third kappa shape index (κ3) is 4.32. The second-order valence-electron chi connectivity index (χ2n) is 7.05. The van der Waals surface area contributed by atoms with Gasteiger partial charge in [-0.15, -0.1) is 0 Å². The summed E-state index contributed by atoms with van der Waals surface area (Å²) < 4.78 is 0. The molecule has 1 aromatic carbocycles. The molecule has 1 nitrogen and oxygen atoms in total. The van der Waals surface area contributed by atoms with Crippen molar-refractivity contribution in [1.29, 1.82) is 0 Å². The van der Waals surface area contributed by atoms with E-state index in [2.05, 4.69) is 51.3 Å². The van der Waals surface area contributed by atoms with Gasteiger partial charge in [-0.05, 0) is 56.7 Å². The number of hydrogen-bond donors (Lipinski definition) is 1. The Morgan fingerprint density at radius 3 is 2.43 bits per heavy atom. The monoisotopic (exact) mass is 287 g/mol. The number of nitrogens with one attached hydrogen (secondary N) is 1. The van der Waals surface area contributed by atoms with Crippen molar-refractivity contribution in [3.8, 4) is 0 Å². The maximum atomic E-state index is 3.61. The van der Waals surface area contributed by atoms with E-state index >= 15 is 0 Å². The molecule has 1 saturated carbocycles. The number of benzene rings is 1. The van der Waals surface area contributed by atoms with Gasteiger partial charge in [0.25, 0.3) is 0 Å². The van der Waals surface area contributed by atoms with Crippen LogP contribution in [0.25, 0.3) is 0 Å². The minimum atomic E-state index is 0.540. The molecule has 0 aliphatic heterocycles. The predicted molar refractivity (Wildman–Crippen MR) is 92.7 cm³/mol. The van der Waals surface area contributed by atoms with Gasteiger partial charge in [-0.1, -0.05) is 62.8 Å². The molecule has 1 aliphatic rings. The van der Waals surface area contributed by atoms with Crippen LogP contribution in [0.15, 0.2) is 18.2 Å². The molecule has 1 unspecified atom stereocenters. The number of aryl methyl sites for hydroxylation is 2. The summed E-state index contributed by atoms with van der Waals surface area (Å²) in [6.07, 6.45) is 9.89. The van der Waals surface area contributed by atoms with E-state index in [9.17, 15) is 0 Å². The van der Waals surface area contributed by atoms with E-state index in [1.807, 2.05) is 0 Å². The first-order valence-electron chi connectivity index (χ1n) is 8.90. The summed E-state index contributed by atoms with van der Waals surface area (Å²) in [5, 5.41) is 3.61. The zero-order chi connectivity index (χ0) is 15.2. The summed E-state index contributed by atoms with van der Waals surface area (Å²) in [7, 11) is 2.13. The highest BCUT2D eigenvalue weighted by atomic mass is 14.9. The second kappa shape index (κ2) is 7.98. The first kappa shape index (κ1) is 16.5. The fourth-order valence-corrected chi connectivity index (χ4v) is 4.12. The lowest BCUT2D eigenvalue weighted by atomic mass is 9.75. The van der Waals surface area contributed by atoms with Gasteiger partial charge in [-0.3, -0.25) is 0 Å². The van der Waals surface area contributed by atoms with Crippen molar-refractivity contribution in [3.63, 3.8) is 0 Å². The first-order valence-corrected chi connectivity index (χ1v) is 8.90. The predicted octanol–water partition coefficient (Wildman–Crippen LogP) is 5.56. The normalized spacial score (nSPS) is 24.0. The molecule has 2 rings (SSSR count). The van der Waals surface area contributed by atoms with Crippen molar-refractivity contribution in [3.05, 3.63) is 34.9 Å². The molecule has 1 N–H and O–H groups in total. The van der Waals surface area contributed by atoms with Crippen LogP contribution in [-0.4, -0.2) is 7.05 Å². The van der Waals surface area contributed by atoms with Crippen LogP contribution in [0.5, 0.6) is 0 Å². The Hall–Kier alpha value is -0.820. The summed E-state index contributed by atoms with van der Waals surface area (Å²) in [5.74, 6) is 1.81. The van der Waals surface area contributed by atoms with Crippen molar-refractivity contribution >= 4 is 0 Å². The average molecular weight is 287 g/mol. The molecule has 1 atom stereocenters. The number of rotatable bonds is 6. The Morgan fingerprint density at radius 2 is 1.86 bits per heavy atom. The number of unbranched alkanes of at least 4 members (excludes halogenated alkanes) is 1. The van der Waals surface area contributed by atoms with E-state index in [0.717, 1.165) is 11.8 Å². The van der Waals surface area contributed by atoms with Crippen molar-refractivity contribution in [2.24, 2.45) is 11.8 Å². The zero-order valence-corrected chi connectivity index (χ0v) is 14.4. The Bertz CT molecular complexity index is 429. The third-order valence-electron chi connectivity index (χ3n) is 5.40. The lowest BCUT2D eigenvalue weighted by Crippen LogP contribution is -2.29. The van der Waals surface area contributed by atoms with E-state index in [4.69, 9.17) is 0 Å². The van der Waals surface area contributed by atoms with Crippen molar-refractivity contribution in [2.75, 3.05) is 7.05 Å². The van der Waals surface area contributed by atoms with Gasteiger partial charge in [0.1, 0.15) is 0 Å². The van der Waals surface area contributed by atoms with Gasteiger partial charge in [0.05, 0.1) is 0 Å². The van der Waals surface area contributed by atoms with Gasteiger partial charge in [0.15, 0.2) is 0 Å². The maximum absolute atomic E-state index is 3.61. The van der Waals surface area contributed by atoms with E-state index in [-0.39, 0.29) is 0 Å². The van der Waals surface area contributed by atoms with E-state index in [1.165, 1.54) is 61.6 Å². The standard InChI is InChI=1S/C20H33N/c1-5-6-7-17-9-11-18(12-10-17)20(21-4)19-13-8-15(2)14-16(19)3/h8,13-14,17-18,20-21H,5-7,9-12H2,1-4H3. The Balaban J connectivity index is 1.99. The van der Waals surface area contributed by atoms with Crippen LogP contribution in [0, 0.1) is 25.7 Å². The molecule has 0 aromatic heterocycles. The molecule has 1 aliphatic carbocycles. The van der Waals surface area contributed by atoms with Crippen molar-refractivity contribution in [2.45, 2.75) is 71.8 Å². The van der Waals surface area contributed by atoms with Gasteiger partial charge in [0, 0.05) is 6.04 Å². The molecular weight excluding hydrogens is 254 g/mol. The van der Waals surface area contributed by atoms with Crippen molar-refractivity contribution < 1.29 is 0 Å². The molecule has 0 amide bonds. The topological polar surface area (TPSA) is 12.0 Å². The van der Waals surface area contributed by atoms with E-state index < -0.39 is 0 Å². The molecule has 0 radical (unpaired) electrons. The van der Waals surface area contributed by atoms with Crippen LogP contribution in [0.2, 0.25) is 0 Å². The lowest BCUT2D eigenvalue weighted by molar-refractivity contribution is 0.217. The Morgan fingerprint density at radius 1 is 1.14 bits per heavy atom. The van der Waals surface area contributed by atoms with Crippen LogP contribution >= 0.6 is 0 Å². The summed E-state index contributed by atoms with van der Waals surface area (Å²) >= 11 is 0. The van der Waals surface area contributed by atoms with E-state index in [1.54, 1.807) is 0 Å². The maximum Gasteiger partial charge on any atom is 0.0348 e. The summed E-state index contributed by atoms with van der Waals surface area (Å²) in [6.45, 7) is 6.76. The first-order chi connectivity index (χ1) is 10.2. The van der Waals surface area contributed by atoms with Gasteiger partial charge < -0.3 is 5.32 Å². The van der Waals surface area contributed by atoms with Crippen LogP contribution in [0.4, 0.5) is 0 Å². The summed E-state index contributed by atoms with van der Waals surface area (Å²) in [4.78, 5) is 0. The molecule has 0 spiro atoms. The molecule has 0 saturated heterocycles. The summed E-state index contributed by atoms with van der Waals surface area (Å²) in [6, 6.07) is 7.47. The summed E-state index contributed by atoms with van der Waals surface area (Å²) in [5.41, 5.74) is 4.33. The molecule has 1 heteroatoms. The molecule has 118 valence electrons. The average Bonchev–Trinajstić information content (AvgIpc) is 2.49. The minimum absolute atomic E-state index is 0.540. The van der Waals surface area contributed by atoms with Crippen LogP contribution in [0.3, 0.4) is 0 Å². The highest BCUT2D eigenvalue weighted by Gasteiger charge is 2.28. The lowest BCUT2D eigenvalue weighted by Gasteiger charge is -2.35. The fourth-order valence-electron chi connectivity index (χ4n) is 4.12. The molecular formula is C20H33N. The quantitative estimate of drug-likeness (QED) is 0.722. The zero-order valence-electron chi connectivity index (χ0n) is 14.4. The Kier molecular flexibility index (Phi) is 6.29. The number of hydrogen-bond acceptors (Lipinski definition) is 1. The second-order valence-corrected chi connectivity index (χ2v) is 7.05. The van der Waals surface area contributed by atoms with E-state index in [0.29, 0.717) is 6.04 Å². The minimum Gasteiger partial charge on any atom is -0.313 e. The van der Waals surface area contributed by atoms with Gasteiger partial charge in [-0.25, -0.2) is 0 Å². The van der Waals surface area contributed by atoms with Gasteiger partial charge >= 0.3 is 0 Å². The largest absolute Gasteiger partial charge is 0.313 e. The molecule has 1 aromatic rings. The van der Waals surface area contributed by atoms with Gasteiger partial charge in [-0.2, -0.15) is 0 Å². The highest BCUT2D eigenvalue weighted by Crippen LogP contribution is 2.39. The van der Waals surface area contributed by atoms with Crippen LogP contribution in [0.1, 0.15) is 74.6 Å². The smallest absolute Gasteiger partial charge is 0.0348 e. The van der Waals surface area contributed by atoms with Gasteiger partial charge in [0.2, 0.25) is 0 Å². The SMILES string of the molecule is CCCCC1CCC(C(NC)c2ccc(C)cc2C)CC1. The fraction of sp³-hybridized carbons (Fsp3) is 0.700. The molecule has 21 heavy (non-hydrogen) atoms. The molecule has 1 fully saturated rings.